The normalized spacial score (nSPS) is 16.2. The number of nitrogens with zero attached hydrogens (tertiary/aromatic N) is 3. The van der Waals surface area contributed by atoms with Crippen LogP contribution < -0.4 is 4.72 Å². The Morgan fingerprint density at radius 1 is 1.14 bits per heavy atom. The summed E-state index contributed by atoms with van der Waals surface area (Å²) in [4.78, 5) is 19.9. The molecule has 1 saturated heterocycles. The molecule has 0 aliphatic carbocycles. The molecule has 11 nitrogen and oxygen atoms in total. The van der Waals surface area contributed by atoms with E-state index in [-0.39, 0.29) is 32.0 Å². The third-order valence-electron chi connectivity index (χ3n) is 2.94. The second kappa shape index (κ2) is 6.21. The summed E-state index contributed by atoms with van der Waals surface area (Å²) in [6.45, 7) is 0.693. The number of nitro benzene ring substituents is 2. The van der Waals surface area contributed by atoms with E-state index in [4.69, 9.17) is 4.74 Å². The van der Waals surface area contributed by atoms with Gasteiger partial charge in [0.15, 0.2) is 0 Å². The summed E-state index contributed by atoms with van der Waals surface area (Å²) in [7, 11) is -4.00. The minimum absolute atomic E-state index is 0.121. The number of hydrogen-bond donors (Lipinski definition) is 1. The summed E-state index contributed by atoms with van der Waals surface area (Å²) in [5, 5.41) is 21.6. The molecule has 2 rings (SSSR count). The molecule has 0 spiro atoms. The highest BCUT2D eigenvalue weighted by Gasteiger charge is 2.28. The molecular weight excluding hydrogens is 320 g/mol. The molecule has 22 heavy (non-hydrogen) atoms. The third kappa shape index (κ3) is 3.47. The van der Waals surface area contributed by atoms with Crippen molar-refractivity contribution >= 4 is 27.3 Å². The van der Waals surface area contributed by atoms with Crippen molar-refractivity contribution in [2.24, 2.45) is 0 Å². The van der Waals surface area contributed by atoms with Crippen molar-refractivity contribution in [2.45, 2.75) is 0 Å². The van der Waals surface area contributed by atoms with Gasteiger partial charge in [-0.25, -0.2) is 0 Å². The van der Waals surface area contributed by atoms with Gasteiger partial charge in [-0.2, -0.15) is 12.7 Å². The first-order valence-electron chi connectivity index (χ1n) is 6.10. The summed E-state index contributed by atoms with van der Waals surface area (Å²) in [6, 6.07) is 2.69. The Morgan fingerprint density at radius 2 is 1.77 bits per heavy atom. The lowest BCUT2D eigenvalue weighted by Gasteiger charge is -2.26. The first-order valence-corrected chi connectivity index (χ1v) is 7.54. The van der Waals surface area contributed by atoms with Crippen LogP contribution in [0.1, 0.15) is 0 Å². The molecule has 120 valence electrons. The molecule has 0 bridgehead atoms. The van der Waals surface area contributed by atoms with Gasteiger partial charge in [-0.1, -0.05) is 0 Å². The summed E-state index contributed by atoms with van der Waals surface area (Å²) in [5.41, 5.74) is -1.52. The zero-order valence-electron chi connectivity index (χ0n) is 11.2. The maximum atomic E-state index is 12.2. The molecule has 1 aromatic rings. The molecule has 0 radical (unpaired) electrons. The topological polar surface area (TPSA) is 145 Å². The fraction of sp³-hybridized carbons (Fsp3) is 0.400. The van der Waals surface area contributed by atoms with Crippen LogP contribution in [-0.2, 0) is 14.9 Å². The Morgan fingerprint density at radius 3 is 2.32 bits per heavy atom. The number of non-ortho nitro benzene ring substituents is 1. The van der Waals surface area contributed by atoms with Crippen LogP contribution in [0.5, 0.6) is 0 Å². The van der Waals surface area contributed by atoms with Crippen LogP contribution in [0.15, 0.2) is 18.2 Å². The monoisotopic (exact) mass is 332 g/mol. The van der Waals surface area contributed by atoms with Gasteiger partial charge in [-0.3, -0.25) is 25.0 Å². The smallest absolute Gasteiger partial charge is 0.302 e. The molecular formula is C10H12N4O7S. The Labute approximate surface area is 125 Å². The van der Waals surface area contributed by atoms with Gasteiger partial charge in [0.25, 0.3) is 11.4 Å². The molecule has 1 aliphatic heterocycles. The maximum absolute atomic E-state index is 12.2. The first kappa shape index (κ1) is 16.1. The summed E-state index contributed by atoms with van der Waals surface area (Å²) in [6.07, 6.45) is 0. The van der Waals surface area contributed by atoms with Gasteiger partial charge in [0.05, 0.1) is 29.1 Å². The molecule has 0 atom stereocenters. The van der Waals surface area contributed by atoms with Crippen molar-refractivity contribution in [1.82, 2.24) is 4.31 Å². The summed E-state index contributed by atoms with van der Waals surface area (Å²) in [5.74, 6) is 0. The summed E-state index contributed by atoms with van der Waals surface area (Å²) < 4.78 is 32.5. The van der Waals surface area contributed by atoms with E-state index >= 15 is 0 Å². The van der Waals surface area contributed by atoms with Gasteiger partial charge in [0.1, 0.15) is 5.69 Å². The van der Waals surface area contributed by atoms with E-state index in [2.05, 4.69) is 4.72 Å². The lowest BCUT2D eigenvalue weighted by Crippen LogP contribution is -2.43. The molecule has 0 aromatic heterocycles. The SMILES string of the molecule is O=[N+]([O-])c1ccc(NS(=O)(=O)N2CCOCC2)c([N+](=O)[O-])c1. The molecule has 1 heterocycles. The van der Waals surface area contributed by atoms with Gasteiger partial charge in [0.2, 0.25) is 0 Å². The van der Waals surface area contributed by atoms with Crippen LogP contribution in [0.2, 0.25) is 0 Å². The molecule has 1 aliphatic rings. The average molecular weight is 332 g/mol. The van der Waals surface area contributed by atoms with E-state index in [0.29, 0.717) is 6.07 Å². The fourth-order valence-electron chi connectivity index (χ4n) is 1.86. The van der Waals surface area contributed by atoms with Crippen LogP contribution >= 0.6 is 0 Å². The standard InChI is InChI=1S/C10H12N4O7S/c15-13(16)8-1-2-9(10(7-8)14(17)18)11-22(19,20)12-3-5-21-6-4-12/h1-2,7,11H,3-6H2. The second-order valence-corrected chi connectivity index (χ2v) is 6.00. The lowest BCUT2D eigenvalue weighted by atomic mass is 10.2. The second-order valence-electron chi connectivity index (χ2n) is 4.33. The Kier molecular flexibility index (Phi) is 4.54. The number of ether oxygens (including phenoxy) is 1. The maximum Gasteiger partial charge on any atom is 0.302 e. The van der Waals surface area contributed by atoms with E-state index in [1.54, 1.807) is 0 Å². The van der Waals surface area contributed by atoms with Crippen molar-refractivity contribution in [2.75, 3.05) is 31.0 Å². The zero-order valence-corrected chi connectivity index (χ0v) is 12.0. The molecule has 1 N–H and O–H groups in total. The van der Waals surface area contributed by atoms with Crippen molar-refractivity contribution in [1.29, 1.82) is 0 Å². The van der Waals surface area contributed by atoms with Crippen molar-refractivity contribution in [3.63, 3.8) is 0 Å². The molecule has 0 saturated carbocycles. The number of benzene rings is 1. The highest BCUT2D eigenvalue weighted by molar-refractivity contribution is 7.90. The van der Waals surface area contributed by atoms with Gasteiger partial charge in [-0.05, 0) is 6.07 Å². The van der Waals surface area contributed by atoms with Gasteiger partial charge in [0, 0.05) is 19.2 Å². The number of nitro groups is 2. The van der Waals surface area contributed by atoms with E-state index in [1.807, 2.05) is 0 Å². The predicted molar refractivity (Wildman–Crippen MR) is 74.7 cm³/mol. The van der Waals surface area contributed by atoms with E-state index in [0.717, 1.165) is 16.4 Å². The van der Waals surface area contributed by atoms with Crippen molar-refractivity contribution in [3.05, 3.63) is 38.4 Å². The minimum atomic E-state index is -4.00. The number of morpholine rings is 1. The van der Waals surface area contributed by atoms with Crippen LogP contribution in [0, 0.1) is 20.2 Å². The van der Waals surface area contributed by atoms with Gasteiger partial charge >= 0.3 is 10.2 Å². The lowest BCUT2D eigenvalue weighted by molar-refractivity contribution is -0.393. The van der Waals surface area contributed by atoms with Crippen LogP contribution in [0.3, 0.4) is 0 Å². The number of anilines is 1. The van der Waals surface area contributed by atoms with Crippen LogP contribution in [0.4, 0.5) is 17.1 Å². The number of nitrogens with one attached hydrogen (secondary N) is 1. The largest absolute Gasteiger partial charge is 0.379 e. The predicted octanol–water partition coefficient (Wildman–Crippen LogP) is 0.492. The third-order valence-corrected chi connectivity index (χ3v) is 4.46. The van der Waals surface area contributed by atoms with Crippen LogP contribution in [0.25, 0.3) is 0 Å². The molecule has 0 amide bonds. The fourth-order valence-corrected chi connectivity index (χ4v) is 3.07. The van der Waals surface area contributed by atoms with E-state index in [9.17, 15) is 28.6 Å². The first-order chi connectivity index (χ1) is 10.3. The Hall–Kier alpha value is -2.31. The quantitative estimate of drug-likeness (QED) is 0.610. The van der Waals surface area contributed by atoms with E-state index in [1.165, 1.54) is 0 Å². The van der Waals surface area contributed by atoms with Crippen molar-refractivity contribution in [3.8, 4) is 0 Å². The van der Waals surface area contributed by atoms with E-state index < -0.39 is 31.4 Å². The highest BCUT2D eigenvalue weighted by Crippen LogP contribution is 2.30. The van der Waals surface area contributed by atoms with Gasteiger partial charge < -0.3 is 4.74 Å². The average Bonchev–Trinajstić information content (AvgIpc) is 2.47. The molecule has 12 heteroatoms. The number of rotatable bonds is 5. The summed E-state index contributed by atoms with van der Waals surface area (Å²) >= 11 is 0. The minimum Gasteiger partial charge on any atom is -0.379 e. The van der Waals surface area contributed by atoms with Gasteiger partial charge in [-0.15, -0.1) is 0 Å². The molecule has 0 unspecified atom stereocenters. The Bertz CT molecular complexity index is 699. The van der Waals surface area contributed by atoms with Crippen molar-refractivity contribution < 1.29 is 23.0 Å². The number of hydrogen-bond acceptors (Lipinski definition) is 7. The molecule has 1 fully saturated rings. The highest BCUT2D eigenvalue weighted by atomic mass is 32.2. The Balaban J connectivity index is 2.32. The molecule has 1 aromatic carbocycles. The zero-order chi connectivity index (χ0) is 16.3. The van der Waals surface area contributed by atoms with Crippen LogP contribution in [-0.4, -0.2) is 48.9 Å².